The highest BCUT2D eigenvalue weighted by Gasteiger charge is 2.40. The minimum atomic E-state index is -4.49. The van der Waals surface area contributed by atoms with Crippen molar-refractivity contribution in [1.29, 1.82) is 0 Å². The van der Waals surface area contributed by atoms with E-state index >= 15 is 0 Å². The van der Waals surface area contributed by atoms with Crippen LogP contribution in [0.2, 0.25) is 0 Å². The monoisotopic (exact) mass is 328 g/mol. The third-order valence-electron chi connectivity index (χ3n) is 3.49. The number of hydrogen-bond donors (Lipinski definition) is 1. The Labute approximate surface area is 130 Å². The molecular formula is C15H15F3N2O3. The number of carbonyl (C=O) groups excluding carboxylic acids is 3. The van der Waals surface area contributed by atoms with Gasteiger partial charge in [-0.05, 0) is 19.1 Å². The summed E-state index contributed by atoms with van der Waals surface area (Å²) in [5.41, 5.74) is 0.772. The fourth-order valence-electron chi connectivity index (χ4n) is 2.38. The molecule has 0 bridgehead atoms. The first-order valence-corrected chi connectivity index (χ1v) is 6.92. The number of amides is 2. The number of anilines is 1. The molecule has 1 atom stereocenters. The van der Waals surface area contributed by atoms with Gasteiger partial charge in [-0.2, -0.15) is 13.2 Å². The molecule has 1 heterocycles. The molecule has 1 N–H and O–H groups in total. The zero-order valence-corrected chi connectivity index (χ0v) is 12.3. The summed E-state index contributed by atoms with van der Waals surface area (Å²) in [7, 11) is 0. The molecule has 5 nitrogen and oxygen atoms in total. The number of ketones is 1. The average molecular weight is 328 g/mol. The number of rotatable bonds is 4. The molecule has 0 unspecified atom stereocenters. The van der Waals surface area contributed by atoms with E-state index in [2.05, 4.69) is 5.32 Å². The number of nitrogens with one attached hydrogen (secondary N) is 1. The Balaban J connectivity index is 2.01. The third-order valence-corrected chi connectivity index (χ3v) is 3.49. The molecule has 0 aliphatic carbocycles. The molecule has 0 spiro atoms. The van der Waals surface area contributed by atoms with Crippen LogP contribution >= 0.6 is 0 Å². The summed E-state index contributed by atoms with van der Waals surface area (Å²) in [6, 6.07) is 6.21. The van der Waals surface area contributed by atoms with E-state index in [1.807, 2.05) is 0 Å². The van der Waals surface area contributed by atoms with Gasteiger partial charge in [0, 0.05) is 24.2 Å². The molecule has 1 aliphatic heterocycles. The van der Waals surface area contributed by atoms with Gasteiger partial charge in [0.15, 0.2) is 5.78 Å². The summed E-state index contributed by atoms with van der Waals surface area (Å²) in [6.45, 7) is -0.238. The Kier molecular flexibility index (Phi) is 4.72. The van der Waals surface area contributed by atoms with Gasteiger partial charge in [0.25, 0.3) is 0 Å². The second kappa shape index (κ2) is 6.39. The van der Waals surface area contributed by atoms with Crippen molar-refractivity contribution < 1.29 is 27.6 Å². The molecule has 8 heteroatoms. The van der Waals surface area contributed by atoms with Crippen LogP contribution in [0.4, 0.5) is 18.9 Å². The molecule has 0 aromatic heterocycles. The second-order valence-electron chi connectivity index (χ2n) is 5.42. The number of likely N-dealkylation sites (tertiary alicyclic amines) is 1. The molecule has 1 aliphatic rings. The minimum Gasteiger partial charge on any atom is -0.333 e. The van der Waals surface area contributed by atoms with Gasteiger partial charge in [-0.1, -0.05) is 12.1 Å². The van der Waals surface area contributed by atoms with Crippen molar-refractivity contribution in [3.63, 3.8) is 0 Å². The number of carbonyl (C=O) groups is 3. The van der Waals surface area contributed by atoms with Crippen LogP contribution in [0.15, 0.2) is 24.3 Å². The molecule has 0 saturated carbocycles. The van der Waals surface area contributed by atoms with Gasteiger partial charge < -0.3 is 10.2 Å². The molecule has 2 rings (SSSR count). The Bertz CT molecular complexity index is 643. The number of Topliss-reactive ketones (excluding diaryl/α,β-unsaturated/α-hetero) is 1. The first-order valence-electron chi connectivity index (χ1n) is 6.92. The molecule has 0 radical (unpaired) electrons. The highest BCUT2D eigenvalue weighted by Crippen LogP contribution is 2.25. The van der Waals surface area contributed by atoms with E-state index in [4.69, 9.17) is 0 Å². The molecule has 1 fully saturated rings. The van der Waals surface area contributed by atoms with Gasteiger partial charge in [0.05, 0.1) is 5.92 Å². The SMILES string of the molecule is CC(=O)c1cccc(NC(=O)[C@H]2CC(=O)N(CC(F)(F)F)C2)c1. The summed E-state index contributed by atoms with van der Waals surface area (Å²) >= 11 is 0. The van der Waals surface area contributed by atoms with Crippen molar-refractivity contribution >= 4 is 23.3 Å². The predicted molar refractivity (Wildman–Crippen MR) is 75.8 cm³/mol. The topological polar surface area (TPSA) is 66.5 Å². The highest BCUT2D eigenvalue weighted by atomic mass is 19.4. The first kappa shape index (κ1) is 17.0. The van der Waals surface area contributed by atoms with E-state index in [1.54, 1.807) is 18.2 Å². The van der Waals surface area contributed by atoms with Gasteiger partial charge in [-0.3, -0.25) is 14.4 Å². The molecule has 1 aromatic rings. The molecule has 23 heavy (non-hydrogen) atoms. The van der Waals surface area contributed by atoms with Crippen molar-refractivity contribution in [3.05, 3.63) is 29.8 Å². The molecule has 1 aromatic carbocycles. The van der Waals surface area contributed by atoms with Crippen molar-refractivity contribution in [2.75, 3.05) is 18.4 Å². The van der Waals surface area contributed by atoms with E-state index < -0.39 is 30.5 Å². The molecule has 124 valence electrons. The molecular weight excluding hydrogens is 313 g/mol. The Morgan fingerprint density at radius 1 is 1.35 bits per heavy atom. The highest BCUT2D eigenvalue weighted by molar-refractivity contribution is 5.99. The van der Waals surface area contributed by atoms with Crippen LogP contribution in [0.5, 0.6) is 0 Å². The zero-order valence-electron chi connectivity index (χ0n) is 12.3. The molecule has 1 saturated heterocycles. The lowest BCUT2D eigenvalue weighted by molar-refractivity contribution is -0.157. The Morgan fingerprint density at radius 2 is 2.04 bits per heavy atom. The summed E-state index contributed by atoms with van der Waals surface area (Å²) < 4.78 is 37.0. The number of benzene rings is 1. The summed E-state index contributed by atoms with van der Waals surface area (Å²) in [5.74, 6) is -2.25. The lowest BCUT2D eigenvalue weighted by atomic mass is 10.1. The van der Waals surface area contributed by atoms with E-state index in [9.17, 15) is 27.6 Å². The van der Waals surface area contributed by atoms with Crippen molar-refractivity contribution in [2.45, 2.75) is 19.5 Å². The van der Waals surface area contributed by atoms with Crippen LogP contribution < -0.4 is 5.32 Å². The van der Waals surface area contributed by atoms with Gasteiger partial charge >= 0.3 is 6.18 Å². The lowest BCUT2D eigenvalue weighted by Crippen LogP contribution is -2.36. The van der Waals surface area contributed by atoms with Crippen LogP contribution in [0, 0.1) is 5.92 Å². The second-order valence-corrected chi connectivity index (χ2v) is 5.42. The van der Waals surface area contributed by atoms with E-state index in [0.717, 1.165) is 0 Å². The fourth-order valence-corrected chi connectivity index (χ4v) is 2.38. The normalized spacial score (nSPS) is 18.2. The maximum Gasteiger partial charge on any atom is 0.406 e. The largest absolute Gasteiger partial charge is 0.406 e. The van der Waals surface area contributed by atoms with Gasteiger partial charge in [-0.15, -0.1) is 0 Å². The average Bonchev–Trinajstić information content (AvgIpc) is 2.78. The number of hydrogen-bond acceptors (Lipinski definition) is 3. The third kappa shape index (κ3) is 4.54. The number of halogens is 3. The maximum absolute atomic E-state index is 12.3. The summed E-state index contributed by atoms with van der Waals surface area (Å²) in [4.78, 5) is 35.6. The lowest BCUT2D eigenvalue weighted by Gasteiger charge is -2.18. The standard InChI is InChI=1S/C15H15F3N2O3/c1-9(21)10-3-2-4-12(5-10)19-14(23)11-6-13(22)20(7-11)8-15(16,17)18/h2-5,11H,6-8H2,1H3,(H,19,23)/t11-/m0/s1. The molecule has 2 amide bonds. The Morgan fingerprint density at radius 3 is 2.65 bits per heavy atom. The van der Waals surface area contributed by atoms with Crippen molar-refractivity contribution in [2.24, 2.45) is 5.92 Å². The summed E-state index contributed by atoms with van der Waals surface area (Å²) in [5, 5.41) is 2.53. The number of nitrogens with zero attached hydrogens (tertiary/aromatic N) is 1. The van der Waals surface area contributed by atoms with Crippen molar-refractivity contribution in [1.82, 2.24) is 4.90 Å². The van der Waals surface area contributed by atoms with Gasteiger partial charge in [0.1, 0.15) is 6.54 Å². The van der Waals surface area contributed by atoms with E-state index in [1.165, 1.54) is 13.0 Å². The van der Waals surface area contributed by atoms with Crippen LogP contribution in [-0.4, -0.2) is 41.8 Å². The van der Waals surface area contributed by atoms with Gasteiger partial charge in [-0.25, -0.2) is 0 Å². The fraction of sp³-hybridized carbons (Fsp3) is 0.400. The van der Waals surface area contributed by atoms with E-state index in [0.29, 0.717) is 16.2 Å². The smallest absolute Gasteiger partial charge is 0.333 e. The van der Waals surface area contributed by atoms with Crippen LogP contribution in [0.1, 0.15) is 23.7 Å². The first-order chi connectivity index (χ1) is 10.7. The van der Waals surface area contributed by atoms with Crippen molar-refractivity contribution in [3.8, 4) is 0 Å². The zero-order chi connectivity index (χ0) is 17.2. The predicted octanol–water partition coefficient (Wildman–Crippen LogP) is 2.24. The van der Waals surface area contributed by atoms with Gasteiger partial charge in [0.2, 0.25) is 11.8 Å². The maximum atomic E-state index is 12.3. The van der Waals surface area contributed by atoms with Crippen LogP contribution in [-0.2, 0) is 9.59 Å². The van der Waals surface area contributed by atoms with E-state index in [-0.39, 0.29) is 18.7 Å². The number of alkyl halides is 3. The minimum absolute atomic E-state index is 0.173. The summed E-state index contributed by atoms with van der Waals surface area (Å²) in [6.07, 6.45) is -4.74. The Hall–Kier alpha value is -2.38. The quantitative estimate of drug-likeness (QED) is 0.862. The van der Waals surface area contributed by atoms with Crippen LogP contribution in [0.3, 0.4) is 0 Å². The van der Waals surface area contributed by atoms with Crippen LogP contribution in [0.25, 0.3) is 0 Å².